The van der Waals surface area contributed by atoms with Gasteiger partial charge in [0, 0.05) is 18.4 Å². The van der Waals surface area contributed by atoms with Crippen molar-refractivity contribution in [2.75, 3.05) is 42.3 Å². The van der Waals surface area contributed by atoms with Crippen LogP contribution in [0, 0.1) is 0 Å². The van der Waals surface area contributed by atoms with Crippen molar-refractivity contribution in [3.05, 3.63) is 6.07 Å². The Labute approximate surface area is 153 Å². The molecular formula is C17H32N4O2PS+. The molecule has 0 atom stereocenters. The third-order valence-electron chi connectivity index (χ3n) is 4.97. The van der Waals surface area contributed by atoms with Crippen LogP contribution in [0.1, 0.15) is 46.0 Å². The zero-order valence-corrected chi connectivity index (χ0v) is 17.8. The summed E-state index contributed by atoms with van der Waals surface area (Å²) >= 11 is 0. The molecule has 1 aromatic heterocycles. The first-order valence-corrected chi connectivity index (χ1v) is 13.9. The van der Waals surface area contributed by atoms with Crippen LogP contribution in [0.4, 0.5) is 11.6 Å². The molecule has 8 heteroatoms. The monoisotopic (exact) mass is 387 g/mol. The van der Waals surface area contributed by atoms with Crippen LogP contribution in [-0.4, -0.2) is 56.7 Å². The Morgan fingerprint density at radius 1 is 1.20 bits per heavy atom. The zero-order valence-electron chi connectivity index (χ0n) is 16.1. The van der Waals surface area contributed by atoms with Crippen molar-refractivity contribution in [3.8, 4) is 0 Å². The number of rotatable bonds is 7. The van der Waals surface area contributed by atoms with Crippen LogP contribution >= 0.6 is 7.41 Å². The molecule has 1 aliphatic carbocycles. The minimum absolute atomic E-state index is 0.0853. The Morgan fingerprint density at radius 3 is 2.36 bits per heavy atom. The highest BCUT2D eigenvalue weighted by atomic mass is 32.2. The number of hydrogen-bond donors (Lipinski definition) is 1. The lowest BCUT2D eigenvalue weighted by molar-refractivity contribution is 0.461. The van der Waals surface area contributed by atoms with Gasteiger partial charge in [0.25, 0.3) is 5.16 Å². The minimum atomic E-state index is -3.46. The first-order valence-electron chi connectivity index (χ1n) is 9.14. The number of anilines is 2. The standard InChI is InChI=1S/C17H32N4O2PS/c1-6-21(24(3,4)7-2)16-13-15(18-14-11-9-8-10-12-14)19-17(20-16)25(5,22)23/h13-14H,6-12H2,1-5H3,(H,18,19,20)/q+1. The highest BCUT2D eigenvalue weighted by Gasteiger charge is 2.33. The molecule has 0 amide bonds. The van der Waals surface area contributed by atoms with Gasteiger partial charge in [-0.2, -0.15) is 4.98 Å². The van der Waals surface area contributed by atoms with E-state index in [0.717, 1.165) is 31.4 Å². The normalized spacial score (nSPS) is 16.7. The Kier molecular flexibility index (Phi) is 6.66. The van der Waals surface area contributed by atoms with Crippen molar-refractivity contribution in [1.82, 2.24) is 9.97 Å². The van der Waals surface area contributed by atoms with Crippen LogP contribution < -0.4 is 9.99 Å². The van der Waals surface area contributed by atoms with E-state index < -0.39 is 17.3 Å². The SMILES string of the molecule is CCN(c1cc(NC2CCCCC2)nc(S(C)(=O)=O)n1)[P+](C)(C)CC. The van der Waals surface area contributed by atoms with E-state index >= 15 is 0 Å². The average molecular weight is 388 g/mol. The number of aromatic nitrogens is 2. The first-order chi connectivity index (χ1) is 11.7. The summed E-state index contributed by atoms with van der Waals surface area (Å²) in [5.41, 5.74) is 0. The molecule has 0 saturated heterocycles. The summed E-state index contributed by atoms with van der Waals surface area (Å²) in [6.07, 6.45) is 8.14. The van der Waals surface area contributed by atoms with Crippen molar-refractivity contribution in [1.29, 1.82) is 0 Å². The average Bonchev–Trinajstić information content (AvgIpc) is 2.55. The second kappa shape index (κ2) is 8.17. The first kappa shape index (κ1) is 20.4. The smallest absolute Gasteiger partial charge is 0.250 e. The van der Waals surface area contributed by atoms with Crippen LogP contribution in [0.15, 0.2) is 11.2 Å². The van der Waals surface area contributed by atoms with E-state index in [2.05, 4.69) is 47.1 Å². The predicted molar refractivity (Wildman–Crippen MR) is 108 cm³/mol. The van der Waals surface area contributed by atoms with E-state index in [4.69, 9.17) is 0 Å². The molecule has 1 aromatic rings. The largest absolute Gasteiger partial charge is 0.367 e. The van der Waals surface area contributed by atoms with Crippen molar-refractivity contribution < 1.29 is 8.42 Å². The van der Waals surface area contributed by atoms with Gasteiger partial charge in [0.05, 0.1) is 26.0 Å². The number of sulfone groups is 1. The molecule has 1 N–H and O–H groups in total. The number of hydrogen-bond acceptors (Lipinski definition) is 6. The van der Waals surface area contributed by atoms with E-state index in [1.165, 1.54) is 25.5 Å². The molecule has 142 valence electrons. The van der Waals surface area contributed by atoms with Gasteiger partial charge in [-0.1, -0.05) is 19.3 Å². The lowest BCUT2D eigenvalue weighted by atomic mass is 9.95. The molecule has 1 saturated carbocycles. The maximum atomic E-state index is 12.1. The summed E-state index contributed by atoms with van der Waals surface area (Å²) in [6.45, 7) is 9.59. The van der Waals surface area contributed by atoms with E-state index in [1.54, 1.807) is 0 Å². The van der Waals surface area contributed by atoms with Gasteiger partial charge in [0.1, 0.15) is 13.2 Å². The third-order valence-corrected chi connectivity index (χ3v) is 9.16. The molecule has 1 aliphatic rings. The van der Waals surface area contributed by atoms with Crippen molar-refractivity contribution in [3.63, 3.8) is 0 Å². The summed E-state index contributed by atoms with van der Waals surface area (Å²) < 4.78 is 26.5. The molecule has 0 bridgehead atoms. The fourth-order valence-corrected chi connectivity index (χ4v) is 5.52. The fourth-order valence-electron chi connectivity index (χ4n) is 3.23. The second-order valence-electron chi connectivity index (χ2n) is 7.30. The highest BCUT2D eigenvalue weighted by Crippen LogP contribution is 2.56. The molecular weight excluding hydrogens is 355 g/mol. The predicted octanol–water partition coefficient (Wildman–Crippen LogP) is 3.66. The van der Waals surface area contributed by atoms with Gasteiger partial charge in [-0.25, -0.2) is 18.1 Å². The van der Waals surface area contributed by atoms with Gasteiger partial charge in [-0.15, -0.1) is 0 Å². The molecule has 1 heterocycles. The molecule has 6 nitrogen and oxygen atoms in total. The van der Waals surface area contributed by atoms with Crippen LogP contribution in [0.25, 0.3) is 0 Å². The maximum absolute atomic E-state index is 12.1. The Balaban J connectivity index is 2.42. The molecule has 25 heavy (non-hydrogen) atoms. The Bertz CT molecular complexity index is 688. The van der Waals surface area contributed by atoms with Gasteiger partial charge in [-0.3, -0.25) is 0 Å². The van der Waals surface area contributed by atoms with Gasteiger partial charge < -0.3 is 5.32 Å². The van der Waals surface area contributed by atoms with Gasteiger partial charge in [-0.05, 0) is 26.7 Å². The van der Waals surface area contributed by atoms with Crippen LogP contribution in [0.2, 0.25) is 0 Å². The Hall–Kier alpha value is -0.940. The molecule has 0 unspecified atom stereocenters. The zero-order chi connectivity index (χ0) is 18.7. The third kappa shape index (κ3) is 5.27. The summed E-state index contributed by atoms with van der Waals surface area (Å²) in [6, 6.07) is 2.29. The molecule has 0 radical (unpaired) electrons. The van der Waals surface area contributed by atoms with Crippen LogP contribution in [0.5, 0.6) is 0 Å². The van der Waals surface area contributed by atoms with Gasteiger partial charge in [0.2, 0.25) is 9.84 Å². The molecule has 0 aromatic carbocycles. The summed E-state index contributed by atoms with van der Waals surface area (Å²) in [4.78, 5) is 8.70. The minimum Gasteiger partial charge on any atom is -0.367 e. The van der Waals surface area contributed by atoms with E-state index in [9.17, 15) is 8.42 Å². The topological polar surface area (TPSA) is 75.2 Å². The van der Waals surface area contributed by atoms with E-state index in [-0.39, 0.29) is 5.16 Å². The highest BCUT2D eigenvalue weighted by molar-refractivity contribution is 7.90. The van der Waals surface area contributed by atoms with E-state index in [0.29, 0.717) is 11.9 Å². The molecule has 0 aliphatic heterocycles. The molecule has 2 rings (SSSR count). The van der Waals surface area contributed by atoms with Crippen molar-refractivity contribution >= 4 is 28.9 Å². The van der Waals surface area contributed by atoms with Crippen molar-refractivity contribution in [2.24, 2.45) is 0 Å². The lowest BCUT2D eigenvalue weighted by Gasteiger charge is -2.31. The summed E-state index contributed by atoms with van der Waals surface area (Å²) in [7, 11) is -4.83. The van der Waals surface area contributed by atoms with Gasteiger partial charge >= 0.3 is 0 Å². The quantitative estimate of drug-likeness (QED) is 0.568. The number of nitrogens with one attached hydrogen (secondary N) is 1. The second-order valence-corrected chi connectivity index (χ2v) is 13.6. The maximum Gasteiger partial charge on any atom is 0.250 e. The van der Waals surface area contributed by atoms with Crippen molar-refractivity contribution in [2.45, 2.75) is 57.1 Å². The van der Waals surface area contributed by atoms with E-state index in [1.807, 2.05) is 6.07 Å². The summed E-state index contributed by atoms with van der Waals surface area (Å²) in [5.74, 6) is 1.35. The van der Waals surface area contributed by atoms with Gasteiger partial charge in [0.15, 0.2) is 5.82 Å². The van der Waals surface area contributed by atoms with Crippen LogP contribution in [-0.2, 0) is 9.84 Å². The molecule has 0 spiro atoms. The Morgan fingerprint density at radius 2 is 1.84 bits per heavy atom. The fraction of sp³-hybridized carbons (Fsp3) is 0.765. The lowest BCUT2D eigenvalue weighted by Crippen LogP contribution is -2.27. The molecule has 1 fully saturated rings. The van der Waals surface area contributed by atoms with Crippen LogP contribution in [0.3, 0.4) is 0 Å². The summed E-state index contributed by atoms with van der Waals surface area (Å²) in [5, 5.41) is 3.37. The number of nitrogens with zero attached hydrogens (tertiary/aromatic N) is 3.